The third-order valence-corrected chi connectivity index (χ3v) is 8.89. The predicted molar refractivity (Wildman–Crippen MR) is 153 cm³/mol. The lowest BCUT2D eigenvalue weighted by Gasteiger charge is -2.49. The summed E-state index contributed by atoms with van der Waals surface area (Å²) in [4.78, 5) is 19.0. The second-order valence-electron chi connectivity index (χ2n) is 10.8. The van der Waals surface area contributed by atoms with Crippen LogP contribution >= 0.6 is 11.6 Å². The minimum Gasteiger partial charge on any atom is -0.495 e. The molecule has 2 aromatic carbocycles. The van der Waals surface area contributed by atoms with Gasteiger partial charge in [0.2, 0.25) is 5.91 Å². The predicted octanol–water partition coefficient (Wildman–Crippen LogP) is 4.58. The molecule has 1 amide bonds. The number of hydrogen-bond acceptors (Lipinski definition) is 6. The van der Waals surface area contributed by atoms with E-state index >= 15 is 0 Å². The minimum atomic E-state index is 0.121. The van der Waals surface area contributed by atoms with Crippen molar-refractivity contribution in [3.63, 3.8) is 0 Å². The molecule has 3 saturated heterocycles. The molecule has 0 saturated carbocycles. The summed E-state index contributed by atoms with van der Waals surface area (Å²) >= 11 is 6.27. The second-order valence-corrected chi connectivity index (χ2v) is 11.2. The second kappa shape index (κ2) is 12.1. The van der Waals surface area contributed by atoms with Crippen molar-refractivity contribution in [2.45, 2.75) is 51.6 Å². The van der Waals surface area contributed by atoms with Gasteiger partial charge in [-0.3, -0.25) is 14.6 Å². The number of amides is 1. The Morgan fingerprint density at radius 1 is 1.05 bits per heavy atom. The number of nitrogens with zero attached hydrogens (tertiary/aromatic N) is 3. The maximum atomic E-state index is 11.6. The Hall–Kier alpha value is -2.48. The number of anilines is 1. The molecule has 1 unspecified atom stereocenters. The van der Waals surface area contributed by atoms with E-state index in [1.165, 1.54) is 41.6 Å². The average Bonchev–Trinajstić information content (AvgIpc) is 2.93. The molecule has 0 radical (unpaired) electrons. The quantitative estimate of drug-likeness (QED) is 0.495. The minimum absolute atomic E-state index is 0.121. The number of fused-ring (bicyclic) bond motifs is 1. The Labute approximate surface area is 232 Å². The number of nitrogens with one attached hydrogen (secondary N) is 1. The zero-order valence-electron chi connectivity index (χ0n) is 23.0. The van der Waals surface area contributed by atoms with E-state index in [-0.39, 0.29) is 5.91 Å². The van der Waals surface area contributed by atoms with Crippen LogP contribution in [0.1, 0.15) is 48.4 Å². The summed E-state index contributed by atoms with van der Waals surface area (Å²) in [6.45, 7) is 11.2. The molecule has 206 valence electrons. The van der Waals surface area contributed by atoms with Crippen molar-refractivity contribution in [1.29, 1.82) is 0 Å². The van der Waals surface area contributed by atoms with Crippen molar-refractivity contribution in [3.8, 4) is 11.5 Å². The maximum absolute atomic E-state index is 11.6. The van der Waals surface area contributed by atoms with Gasteiger partial charge in [-0.2, -0.15) is 0 Å². The molecule has 0 bridgehead atoms. The number of carbonyl (C=O) groups is 1. The van der Waals surface area contributed by atoms with Crippen molar-refractivity contribution in [3.05, 3.63) is 52.0 Å². The Balaban J connectivity index is 1.21. The van der Waals surface area contributed by atoms with Crippen LogP contribution in [0, 0.1) is 13.8 Å². The Morgan fingerprint density at radius 2 is 1.92 bits per heavy atom. The van der Waals surface area contributed by atoms with Crippen LogP contribution in [-0.4, -0.2) is 81.3 Å². The van der Waals surface area contributed by atoms with Crippen LogP contribution in [0.4, 0.5) is 5.69 Å². The zero-order chi connectivity index (χ0) is 26.6. The molecule has 2 atom stereocenters. The summed E-state index contributed by atoms with van der Waals surface area (Å²) in [5, 5.41) is 3.54. The molecule has 3 fully saturated rings. The van der Waals surface area contributed by atoms with Crippen LogP contribution in [0.2, 0.25) is 5.02 Å². The molecule has 0 aliphatic carbocycles. The first-order chi connectivity index (χ1) is 18.4. The normalized spacial score (nSPS) is 22.6. The number of carbonyl (C=O) groups excluding carboxylic acids is 1. The number of ether oxygens (including phenoxy) is 2. The van der Waals surface area contributed by atoms with Gasteiger partial charge in [0, 0.05) is 63.1 Å². The first-order valence-corrected chi connectivity index (χ1v) is 14.4. The lowest BCUT2D eigenvalue weighted by atomic mass is 9.86. The van der Waals surface area contributed by atoms with Gasteiger partial charge in [0.25, 0.3) is 0 Å². The van der Waals surface area contributed by atoms with E-state index in [0.29, 0.717) is 30.3 Å². The fourth-order valence-electron chi connectivity index (χ4n) is 6.35. The SMILES string of the molecule is COc1cc(N2CCN3C(CCC[C@@H]3c3ccc(OCCCN4CCNC(=O)C4)c(C)c3C)C2)ccc1Cl. The largest absolute Gasteiger partial charge is 0.495 e. The third kappa shape index (κ3) is 5.90. The molecule has 2 aromatic rings. The third-order valence-electron chi connectivity index (χ3n) is 8.58. The highest BCUT2D eigenvalue weighted by atomic mass is 35.5. The van der Waals surface area contributed by atoms with Gasteiger partial charge < -0.3 is 19.7 Å². The summed E-state index contributed by atoms with van der Waals surface area (Å²) in [7, 11) is 1.67. The number of benzene rings is 2. The molecule has 3 aliphatic heterocycles. The molecular formula is C30H41ClN4O3. The molecule has 3 heterocycles. The fourth-order valence-corrected chi connectivity index (χ4v) is 6.54. The Bertz CT molecular complexity index is 1140. The molecule has 8 heteroatoms. The van der Waals surface area contributed by atoms with E-state index < -0.39 is 0 Å². The van der Waals surface area contributed by atoms with Crippen LogP contribution in [-0.2, 0) is 4.79 Å². The first-order valence-electron chi connectivity index (χ1n) is 14.0. The zero-order valence-corrected chi connectivity index (χ0v) is 23.7. The summed E-state index contributed by atoms with van der Waals surface area (Å²) in [6, 6.07) is 11.6. The Kier molecular flexibility index (Phi) is 8.66. The van der Waals surface area contributed by atoms with Gasteiger partial charge in [0.15, 0.2) is 0 Å². The lowest BCUT2D eigenvalue weighted by molar-refractivity contribution is -0.124. The molecule has 3 aliphatic rings. The van der Waals surface area contributed by atoms with Crippen LogP contribution in [0.15, 0.2) is 30.3 Å². The average molecular weight is 541 g/mol. The smallest absolute Gasteiger partial charge is 0.234 e. The molecule has 7 nitrogen and oxygen atoms in total. The van der Waals surface area contributed by atoms with Gasteiger partial charge in [-0.1, -0.05) is 17.7 Å². The highest BCUT2D eigenvalue weighted by molar-refractivity contribution is 6.32. The van der Waals surface area contributed by atoms with Gasteiger partial charge in [0.05, 0.1) is 25.3 Å². The van der Waals surface area contributed by atoms with Crippen molar-refractivity contribution in [1.82, 2.24) is 15.1 Å². The number of hydrogen-bond donors (Lipinski definition) is 1. The molecule has 0 aromatic heterocycles. The summed E-state index contributed by atoms with van der Waals surface area (Å²) in [5.74, 6) is 1.84. The number of piperidine rings is 1. The van der Waals surface area contributed by atoms with Crippen molar-refractivity contribution in [2.24, 2.45) is 0 Å². The van der Waals surface area contributed by atoms with Gasteiger partial charge >= 0.3 is 0 Å². The topological polar surface area (TPSA) is 57.3 Å². The van der Waals surface area contributed by atoms with Crippen LogP contribution < -0.4 is 19.7 Å². The monoisotopic (exact) mass is 540 g/mol. The number of rotatable bonds is 8. The highest BCUT2D eigenvalue weighted by Crippen LogP contribution is 2.40. The molecule has 38 heavy (non-hydrogen) atoms. The van der Waals surface area contributed by atoms with E-state index in [1.807, 2.05) is 6.07 Å². The molecule has 1 N–H and O–H groups in total. The summed E-state index contributed by atoms with van der Waals surface area (Å²) in [5.41, 5.74) is 5.23. The maximum Gasteiger partial charge on any atom is 0.234 e. The summed E-state index contributed by atoms with van der Waals surface area (Å²) in [6.07, 6.45) is 4.60. The Morgan fingerprint density at radius 3 is 2.74 bits per heavy atom. The number of piperazine rings is 2. The first kappa shape index (κ1) is 27.1. The van der Waals surface area contributed by atoms with E-state index in [1.54, 1.807) is 7.11 Å². The van der Waals surface area contributed by atoms with E-state index in [4.69, 9.17) is 21.1 Å². The van der Waals surface area contributed by atoms with Gasteiger partial charge in [-0.25, -0.2) is 0 Å². The van der Waals surface area contributed by atoms with Crippen molar-refractivity contribution < 1.29 is 14.3 Å². The van der Waals surface area contributed by atoms with E-state index in [9.17, 15) is 4.79 Å². The van der Waals surface area contributed by atoms with Crippen LogP contribution in [0.5, 0.6) is 11.5 Å². The highest BCUT2D eigenvalue weighted by Gasteiger charge is 2.36. The van der Waals surface area contributed by atoms with Crippen molar-refractivity contribution in [2.75, 3.05) is 64.4 Å². The van der Waals surface area contributed by atoms with Crippen molar-refractivity contribution >= 4 is 23.2 Å². The van der Waals surface area contributed by atoms with E-state index in [0.717, 1.165) is 57.2 Å². The van der Waals surface area contributed by atoms with Gasteiger partial charge in [0.1, 0.15) is 11.5 Å². The van der Waals surface area contributed by atoms with E-state index in [2.05, 4.69) is 58.1 Å². The van der Waals surface area contributed by atoms with Gasteiger partial charge in [-0.15, -0.1) is 0 Å². The fraction of sp³-hybridized carbons (Fsp3) is 0.567. The molecule has 0 spiro atoms. The van der Waals surface area contributed by atoms with Crippen LogP contribution in [0.3, 0.4) is 0 Å². The number of methoxy groups -OCH3 is 1. The van der Waals surface area contributed by atoms with Crippen LogP contribution in [0.25, 0.3) is 0 Å². The summed E-state index contributed by atoms with van der Waals surface area (Å²) < 4.78 is 11.7. The standard InChI is InChI=1S/C30H41ClN4O3/c1-21-22(2)28(38-17-5-13-33-14-12-32-30(36)20-33)11-9-25(21)27-7-4-6-24-19-34(15-16-35(24)27)23-8-10-26(31)29(18-23)37-3/h8-11,18,24,27H,4-7,12-17,19-20H2,1-3H3,(H,32,36)/t24?,27-/m1/s1. The molecular weight excluding hydrogens is 500 g/mol. The number of halogens is 1. The van der Waals surface area contributed by atoms with Gasteiger partial charge in [-0.05, 0) is 74.4 Å². The lowest BCUT2D eigenvalue weighted by Crippen LogP contribution is -2.56. The molecule has 5 rings (SSSR count).